The summed E-state index contributed by atoms with van der Waals surface area (Å²) < 4.78 is 0. The standard InChI is InChI=1S/C14H25N3S/c1-4-11-8-17-13(18-11)10-15-9-12-14(2,3)6-5-7-16-12/h8,12,15-16H,4-7,9-10H2,1-3H3. The molecule has 1 aromatic rings. The van der Waals surface area contributed by atoms with Crippen molar-refractivity contribution in [3.63, 3.8) is 0 Å². The summed E-state index contributed by atoms with van der Waals surface area (Å²) in [5.74, 6) is 0. The predicted molar refractivity (Wildman–Crippen MR) is 78.0 cm³/mol. The van der Waals surface area contributed by atoms with Gasteiger partial charge in [0.1, 0.15) is 5.01 Å². The van der Waals surface area contributed by atoms with E-state index in [1.807, 2.05) is 17.5 Å². The maximum Gasteiger partial charge on any atom is 0.107 e. The monoisotopic (exact) mass is 267 g/mol. The minimum absolute atomic E-state index is 0.405. The molecule has 0 bridgehead atoms. The van der Waals surface area contributed by atoms with Gasteiger partial charge in [-0.05, 0) is 31.2 Å². The van der Waals surface area contributed by atoms with Crippen LogP contribution in [0, 0.1) is 5.41 Å². The highest BCUT2D eigenvalue weighted by Gasteiger charge is 2.31. The van der Waals surface area contributed by atoms with Gasteiger partial charge in [-0.2, -0.15) is 0 Å². The Hall–Kier alpha value is -0.450. The summed E-state index contributed by atoms with van der Waals surface area (Å²) in [6.07, 6.45) is 5.72. The van der Waals surface area contributed by atoms with Crippen molar-refractivity contribution >= 4 is 11.3 Å². The summed E-state index contributed by atoms with van der Waals surface area (Å²) in [5.41, 5.74) is 0.405. The number of piperidine rings is 1. The molecule has 1 fully saturated rings. The summed E-state index contributed by atoms with van der Waals surface area (Å²) >= 11 is 1.83. The zero-order valence-electron chi connectivity index (χ0n) is 11.8. The fourth-order valence-electron chi connectivity index (χ4n) is 2.54. The van der Waals surface area contributed by atoms with E-state index in [-0.39, 0.29) is 0 Å². The van der Waals surface area contributed by atoms with Crippen molar-refractivity contribution in [2.45, 2.75) is 52.6 Å². The molecular formula is C14H25N3S. The second-order valence-electron chi connectivity index (χ2n) is 5.80. The van der Waals surface area contributed by atoms with E-state index in [0.29, 0.717) is 11.5 Å². The lowest BCUT2D eigenvalue weighted by molar-refractivity contribution is 0.176. The summed E-state index contributed by atoms with van der Waals surface area (Å²) in [5, 5.41) is 8.39. The van der Waals surface area contributed by atoms with Crippen LogP contribution in [0.25, 0.3) is 0 Å². The van der Waals surface area contributed by atoms with E-state index in [2.05, 4.69) is 36.4 Å². The lowest BCUT2D eigenvalue weighted by atomic mass is 9.77. The van der Waals surface area contributed by atoms with E-state index in [1.165, 1.54) is 22.7 Å². The molecule has 0 radical (unpaired) electrons. The fraction of sp³-hybridized carbons (Fsp3) is 0.786. The highest BCUT2D eigenvalue weighted by Crippen LogP contribution is 2.29. The molecule has 0 aromatic carbocycles. The van der Waals surface area contributed by atoms with Crippen molar-refractivity contribution in [2.24, 2.45) is 5.41 Å². The average Bonchev–Trinajstić information content (AvgIpc) is 2.79. The number of hydrogen-bond donors (Lipinski definition) is 2. The Labute approximate surface area is 114 Å². The molecule has 1 aliphatic rings. The van der Waals surface area contributed by atoms with E-state index < -0.39 is 0 Å². The first kappa shape index (κ1) is 14.0. The normalized spacial score (nSPS) is 23.2. The number of aromatic nitrogens is 1. The van der Waals surface area contributed by atoms with E-state index in [4.69, 9.17) is 0 Å². The molecule has 1 saturated heterocycles. The van der Waals surface area contributed by atoms with Gasteiger partial charge in [-0.25, -0.2) is 4.98 Å². The van der Waals surface area contributed by atoms with Crippen LogP contribution < -0.4 is 10.6 Å². The van der Waals surface area contributed by atoms with Crippen LogP contribution >= 0.6 is 11.3 Å². The number of hydrogen-bond acceptors (Lipinski definition) is 4. The van der Waals surface area contributed by atoms with Crippen LogP contribution in [0.4, 0.5) is 0 Å². The molecule has 2 heterocycles. The highest BCUT2D eigenvalue weighted by atomic mass is 32.1. The zero-order valence-corrected chi connectivity index (χ0v) is 12.6. The van der Waals surface area contributed by atoms with Gasteiger partial charge in [0.15, 0.2) is 0 Å². The largest absolute Gasteiger partial charge is 0.312 e. The minimum Gasteiger partial charge on any atom is -0.312 e. The van der Waals surface area contributed by atoms with E-state index in [1.54, 1.807) is 0 Å². The second-order valence-corrected chi connectivity index (χ2v) is 7.00. The Kier molecular flexibility index (Phi) is 4.76. The lowest BCUT2D eigenvalue weighted by Gasteiger charge is -2.39. The van der Waals surface area contributed by atoms with E-state index >= 15 is 0 Å². The van der Waals surface area contributed by atoms with Crippen molar-refractivity contribution in [3.05, 3.63) is 16.1 Å². The lowest BCUT2D eigenvalue weighted by Crippen LogP contribution is -2.51. The molecule has 1 aliphatic heterocycles. The third-order valence-electron chi connectivity index (χ3n) is 3.91. The Bertz CT molecular complexity index is 373. The fourth-order valence-corrected chi connectivity index (χ4v) is 3.37. The van der Waals surface area contributed by atoms with Crippen LogP contribution in [0.15, 0.2) is 6.20 Å². The Morgan fingerprint density at radius 3 is 3.06 bits per heavy atom. The summed E-state index contributed by atoms with van der Waals surface area (Å²) in [7, 11) is 0. The maximum absolute atomic E-state index is 4.44. The smallest absolute Gasteiger partial charge is 0.107 e. The van der Waals surface area contributed by atoms with Crippen LogP contribution in [0.5, 0.6) is 0 Å². The first-order chi connectivity index (χ1) is 8.62. The summed E-state index contributed by atoms with van der Waals surface area (Å²) in [6.45, 7) is 10.0. The van der Waals surface area contributed by atoms with Gasteiger partial charge in [-0.1, -0.05) is 20.8 Å². The summed E-state index contributed by atoms with van der Waals surface area (Å²) in [4.78, 5) is 5.82. The number of rotatable bonds is 5. The molecule has 3 nitrogen and oxygen atoms in total. The van der Waals surface area contributed by atoms with Crippen molar-refractivity contribution in [2.75, 3.05) is 13.1 Å². The quantitative estimate of drug-likeness (QED) is 0.861. The third kappa shape index (κ3) is 3.53. The highest BCUT2D eigenvalue weighted by molar-refractivity contribution is 7.11. The number of aryl methyl sites for hydroxylation is 1. The van der Waals surface area contributed by atoms with Crippen LogP contribution in [0.3, 0.4) is 0 Å². The molecule has 2 N–H and O–H groups in total. The molecule has 102 valence electrons. The Balaban J connectivity index is 1.77. The first-order valence-electron chi connectivity index (χ1n) is 6.99. The molecule has 0 aliphatic carbocycles. The van der Waals surface area contributed by atoms with Crippen LogP contribution in [-0.4, -0.2) is 24.1 Å². The van der Waals surface area contributed by atoms with E-state index in [9.17, 15) is 0 Å². The maximum atomic E-state index is 4.44. The van der Waals surface area contributed by atoms with Crippen molar-refractivity contribution < 1.29 is 0 Å². The topological polar surface area (TPSA) is 37.0 Å². The van der Waals surface area contributed by atoms with Gasteiger partial charge in [0.2, 0.25) is 0 Å². The van der Waals surface area contributed by atoms with Crippen LogP contribution in [0.2, 0.25) is 0 Å². The molecule has 1 unspecified atom stereocenters. The number of nitrogens with zero attached hydrogens (tertiary/aromatic N) is 1. The molecule has 0 spiro atoms. The van der Waals surface area contributed by atoms with Gasteiger partial charge in [0, 0.05) is 30.2 Å². The molecule has 1 aromatic heterocycles. The zero-order chi connectivity index (χ0) is 13.0. The summed E-state index contributed by atoms with van der Waals surface area (Å²) in [6, 6.07) is 0.580. The van der Waals surface area contributed by atoms with Gasteiger partial charge < -0.3 is 10.6 Å². The Morgan fingerprint density at radius 1 is 1.56 bits per heavy atom. The predicted octanol–water partition coefficient (Wildman–Crippen LogP) is 2.57. The Morgan fingerprint density at radius 2 is 2.39 bits per heavy atom. The van der Waals surface area contributed by atoms with Crippen molar-refractivity contribution in [1.29, 1.82) is 0 Å². The van der Waals surface area contributed by atoms with Crippen molar-refractivity contribution in [1.82, 2.24) is 15.6 Å². The molecule has 0 saturated carbocycles. The molecule has 18 heavy (non-hydrogen) atoms. The van der Waals surface area contributed by atoms with Gasteiger partial charge in [0.05, 0.1) is 0 Å². The first-order valence-corrected chi connectivity index (χ1v) is 7.81. The van der Waals surface area contributed by atoms with Crippen molar-refractivity contribution in [3.8, 4) is 0 Å². The molecule has 1 atom stereocenters. The van der Waals surface area contributed by atoms with Gasteiger partial charge >= 0.3 is 0 Å². The van der Waals surface area contributed by atoms with E-state index in [0.717, 1.165) is 26.1 Å². The third-order valence-corrected chi connectivity index (χ3v) is 5.05. The molecular weight excluding hydrogens is 242 g/mol. The van der Waals surface area contributed by atoms with Gasteiger partial charge in [-0.15, -0.1) is 11.3 Å². The average molecular weight is 267 g/mol. The minimum atomic E-state index is 0.405. The van der Waals surface area contributed by atoms with Gasteiger partial charge in [0.25, 0.3) is 0 Å². The van der Waals surface area contributed by atoms with Crippen LogP contribution in [0.1, 0.15) is 43.5 Å². The molecule has 0 amide bonds. The van der Waals surface area contributed by atoms with Crippen LogP contribution in [-0.2, 0) is 13.0 Å². The van der Waals surface area contributed by atoms with Gasteiger partial charge in [-0.3, -0.25) is 0 Å². The number of thiazole rings is 1. The molecule has 2 rings (SSSR count). The number of nitrogens with one attached hydrogen (secondary N) is 2. The SMILES string of the molecule is CCc1cnc(CNCC2NCCCC2(C)C)s1. The second kappa shape index (κ2) is 6.13. The molecule has 4 heteroatoms.